The third-order valence-electron chi connectivity index (χ3n) is 3.54. The van der Waals surface area contributed by atoms with E-state index in [-0.39, 0.29) is 6.04 Å². The van der Waals surface area contributed by atoms with Crippen LogP contribution in [0.3, 0.4) is 0 Å². The second-order valence-electron chi connectivity index (χ2n) is 5.37. The lowest BCUT2D eigenvalue weighted by molar-refractivity contribution is 0.720. The van der Waals surface area contributed by atoms with Crippen molar-refractivity contribution in [2.75, 3.05) is 0 Å². The molecule has 0 amide bonds. The molecule has 0 radical (unpaired) electrons. The molecule has 1 unspecified atom stereocenters. The highest BCUT2D eigenvalue weighted by Gasteiger charge is 2.12. The van der Waals surface area contributed by atoms with E-state index in [4.69, 9.17) is 17.3 Å². The van der Waals surface area contributed by atoms with Gasteiger partial charge in [-0.05, 0) is 61.1 Å². The van der Waals surface area contributed by atoms with Crippen molar-refractivity contribution in [3.63, 3.8) is 0 Å². The number of hydrogen-bond donors (Lipinski definition) is 1. The summed E-state index contributed by atoms with van der Waals surface area (Å²) in [5, 5.41) is 0.797. The molecule has 0 spiro atoms. The van der Waals surface area contributed by atoms with Crippen LogP contribution in [0.5, 0.6) is 0 Å². The number of rotatable bonds is 3. The van der Waals surface area contributed by atoms with Crippen LogP contribution in [0.2, 0.25) is 5.02 Å². The molecule has 0 aliphatic heterocycles. The minimum Gasteiger partial charge on any atom is -0.324 e. The van der Waals surface area contributed by atoms with Crippen LogP contribution in [-0.4, -0.2) is 0 Å². The van der Waals surface area contributed by atoms with Crippen molar-refractivity contribution in [1.29, 1.82) is 0 Å². The fraction of sp³-hybridized carbons (Fsp3) is 0.294. The first kappa shape index (κ1) is 15.6. The van der Waals surface area contributed by atoms with Gasteiger partial charge in [-0.2, -0.15) is 0 Å². The Labute approximate surface area is 134 Å². The van der Waals surface area contributed by atoms with Gasteiger partial charge in [-0.3, -0.25) is 0 Å². The zero-order chi connectivity index (χ0) is 14.9. The summed E-state index contributed by atoms with van der Waals surface area (Å²) in [4.78, 5) is 0. The molecule has 106 valence electrons. The van der Waals surface area contributed by atoms with Gasteiger partial charge >= 0.3 is 0 Å². The Balaban J connectivity index is 2.26. The highest BCUT2D eigenvalue weighted by molar-refractivity contribution is 9.10. The highest BCUT2D eigenvalue weighted by Crippen LogP contribution is 2.28. The molecule has 0 aliphatic carbocycles. The van der Waals surface area contributed by atoms with Gasteiger partial charge in [-0.15, -0.1) is 0 Å². The predicted octanol–water partition coefficient (Wildman–Crippen LogP) is 5.27. The Morgan fingerprint density at radius 2 is 1.70 bits per heavy atom. The Hall–Kier alpha value is -0.830. The first-order valence-electron chi connectivity index (χ1n) is 6.65. The second kappa shape index (κ2) is 6.30. The summed E-state index contributed by atoms with van der Waals surface area (Å²) in [5.41, 5.74) is 12.2. The van der Waals surface area contributed by atoms with Gasteiger partial charge in [0.1, 0.15) is 0 Å². The standard InChI is InChI=1S/C17H19BrClN/c1-10-4-5-13(15(19)6-10)9-16(20)14-7-11(2)17(18)12(3)8-14/h4-8,16H,9,20H2,1-3H3. The van der Waals surface area contributed by atoms with Crippen LogP contribution in [0, 0.1) is 20.8 Å². The van der Waals surface area contributed by atoms with Gasteiger partial charge in [0.05, 0.1) is 0 Å². The number of halogens is 2. The average molecular weight is 353 g/mol. The van der Waals surface area contributed by atoms with Crippen LogP contribution >= 0.6 is 27.5 Å². The summed E-state index contributed by atoms with van der Waals surface area (Å²) in [6.45, 7) is 6.22. The largest absolute Gasteiger partial charge is 0.324 e. The van der Waals surface area contributed by atoms with Crippen LogP contribution in [0.25, 0.3) is 0 Å². The van der Waals surface area contributed by atoms with E-state index in [2.05, 4.69) is 54.0 Å². The summed E-state index contributed by atoms with van der Waals surface area (Å²) in [6, 6.07) is 10.4. The van der Waals surface area contributed by atoms with Crippen molar-refractivity contribution in [1.82, 2.24) is 0 Å². The Morgan fingerprint density at radius 3 is 2.25 bits per heavy atom. The first-order chi connectivity index (χ1) is 9.38. The van der Waals surface area contributed by atoms with Crippen molar-refractivity contribution < 1.29 is 0 Å². The molecular weight excluding hydrogens is 334 g/mol. The van der Waals surface area contributed by atoms with Gasteiger partial charge in [0.15, 0.2) is 0 Å². The second-order valence-corrected chi connectivity index (χ2v) is 6.57. The van der Waals surface area contributed by atoms with E-state index >= 15 is 0 Å². The van der Waals surface area contributed by atoms with Gasteiger partial charge in [0.2, 0.25) is 0 Å². The average Bonchev–Trinajstić information content (AvgIpc) is 2.38. The van der Waals surface area contributed by atoms with E-state index < -0.39 is 0 Å². The molecule has 0 bridgehead atoms. The molecule has 20 heavy (non-hydrogen) atoms. The van der Waals surface area contributed by atoms with Gasteiger partial charge in [-0.1, -0.05) is 51.8 Å². The summed E-state index contributed by atoms with van der Waals surface area (Å²) >= 11 is 9.87. The topological polar surface area (TPSA) is 26.0 Å². The Kier molecular flexibility index (Phi) is 4.90. The smallest absolute Gasteiger partial charge is 0.0441 e. The van der Waals surface area contributed by atoms with Crippen LogP contribution in [0.4, 0.5) is 0 Å². The molecule has 0 saturated carbocycles. The van der Waals surface area contributed by atoms with E-state index in [1.807, 2.05) is 13.0 Å². The highest BCUT2D eigenvalue weighted by atomic mass is 79.9. The Morgan fingerprint density at radius 1 is 1.10 bits per heavy atom. The maximum absolute atomic E-state index is 6.35. The molecule has 1 atom stereocenters. The van der Waals surface area contributed by atoms with E-state index in [0.29, 0.717) is 0 Å². The lowest BCUT2D eigenvalue weighted by Gasteiger charge is -2.16. The Bertz CT molecular complexity index is 614. The predicted molar refractivity (Wildman–Crippen MR) is 90.4 cm³/mol. The zero-order valence-corrected chi connectivity index (χ0v) is 14.3. The van der Waals surface area contributed by atoms with E-state index in [9.17, 15) is 0 Å². The van der Waals surface area contributed by atoms with Gasteiger partial charge in [0.25, 0.3) is 0 Å². The fourth-order valence-corrected chi connectivity index (χ4v) is 2.91. The minimum absolute atomic E-state index is 0.0410. The molecule has 0 heterocycles. The molecule has 0 saturated heterocycles. The van der Waals surface area contributed by atoms with Crippen LogP contribution in [0.15, 0.2) is 34.8 Å². The first-order valence-corrected chi connectivity index (χ1v) is 7.83. The lowest BCUT2D eigenvalue weighted by atomic mass is 9.96. The van der Waals surface area contributed by atoms with Crippen molar-refractivity contribution in [3.05, 3.63) is 67.6 Å². The number of hydrogen-bond acceptors (Lipinski definition) is 1. The lowest BCUT2D eigenvalue weighted by Crippen LogP contribution is -2.14. The molecule has 2 N–H and O–H groups in total. The number of benzene rings is 2. The summed E-state index contributed by atoms with van der Waals surface area (Å²) < 4.78 is 1.15. The minimum atomic E-state index is -0.0410. The maximum atomic E-state index is 6.35. The summed E-state index contributed by atoms with van der Waals surface area (Å²) in [5.74, 6) is 0. The van der Waals surface area contributed by atoms with Gasteiger partial charge in [-0.25, -0.2) is 0 Å². The molecule has 2 aromatic carbocycles. The van der Waals surface area contributed by atoms with Gasteiger partial charge in [0, 0.05) is 15.5 Å². The van der Waals surface area contributed by atoms with E-state index in [1.165, 1.54) is 16.7 Å². The third kappa shape index (κ3) is 3.43. The SMILES string of the molecule is Cc1ccc(CC(N)c2cc(C)c(Br)c(C)c2)c(Cl)c1. The van der Waals surface area contributed by atoms with Gasteiger partial charge < -0.3 is 5.73 Å². The van der Waals surface area contributed by atoms with Crippen LogP contribution < -0.4 is 5.73 Å². The van der Waals surface area contributed by atoms with E-state index in [0.717, 1.165) is 27.0 Å². The van der Waals surface area contributed by atoms with Crippen molar-refractivity contribution >= 4 is 27.5 Å². The molecular formula is C17H19BrClN. The van der Waals surface area contributed by atoms with Crippen LogP contribution in [-0.2, 0) is 6.42 Å². The summed E-state index contributed by atoms with van der Waals surface area (Å²) in [6.07, 6.45) is 0.750. The monoisotopic (exact) mass is 351 g/mol. The van der Waals surface area contributed by atoms with Crippen molar-refractivity contribution in [2.45, 2.75) is 33.2 Å². The number of aryl methyl sites for hydroxylation is 3. The molecule has 0 fully saturated rings. The molecule has 0 aliphatic rings. The zero-order valence-electron chi connectivity index (χ0n) is 12.0. The molecule has 1 nitrogen and oxygen atoms in total. The third-order valence-corrected chi connectivity index (χ3v) is 5.14. The molecule has 2 aromatic rings. The van der Waals surface area contributed by atoms with Crippen molar-refractivity contribution in [3.8, 4) is 0 Å². The summed E-state index contributed by atoms with van der Waals surface area (Å²) in [7, 11) is 0. The quantitative estimate of drug-likeness (QED) is 0.800. The maximum Gasteiger partial charge on any atom is 0.0441 e. The number of nitrogens with two attached hydrogens (primary N) is 1. The van der Waals surface area contributed by atoms with E-state index in [1.54, 1.807) is 0 Å². The van der Waals surface area contributed by atoms with Crippen LogP contribution in [0.1, 0.15) is 33.9 Å². The molecule has 0 aromatic heterocycles. The fourth-order valence-electron chi connectivity index (χ4n) is 2.37. The van der Waals surface area contributed by atoms with Crippen molar-refractivity contribution in [2.24, 2.45) is 5.73 Å². The normalized spacial score (nSPS) is 12.5. The molecule has 3 heteroatoms. The molecule has 2 rings (SSSR count).